The molecule has 0 amide bonds. The van der Waals surface area contributed by atoms with E-state index in [1.54, 1.807) is 24.7 Å². The summed E-state index contributed by atoms with van der Waals surface area (Å²) in [6, 6.07) is 1.72. The van der Waals surface area contributed by atoms with Crippen molar-refractivity contribution in [1.29, 1.82) is 0 Å². The van der Waals surface area contributed by atoms with Crippen molar-refractivity contribution in [3.63, 3.8) is 0 Å². The molecule has 0 aliphatic heterocycles. The van der Waals surface area contributed by atoms with Crippen LogP contribution < -0.4 is 5.73 Å². The first-order chi connectivity index (χ1) is 12.1. The van der Waals surface area contributed by atoms with Crippen molar-refractivity contribution < 1.29 is 4.21 Å². The molecule has 8 heteroatoms. The van der Waals surface area contributed by atoms with Gasteiger partial charge in [0.1, 0.15) is 11.3 Å². The van der Waals surface area contributed by atoms with Crippen LogP contribution in [0.5, 0.6) is 0 Å². The number of aromatic nitrogens is 5. The summed E-state index contributed by atoms with van der Waals surface area (Å²) in [6.45, 7) is 4.87. The van der Waals surface area contributed by atoms with Crippen LogP contribution in [0.2, 0.25) is 0 Å². The number of hydrogen-bond donors (Lipinski definition) is 1. The van der Waals surface area contributed by atoms with E-state index in [2.05, 4.69) is 24.5 Å². The Morgan fingerprint density at radius 1 is 1.12 bits per heavy atom. The van der Waals surface area contributed by atoms with Gasteiger partial charge < -0.3 is 10.3 Å². The number of nitrogens with two attached hydrogens (primary N) is 1. The van der Waals surface area contributed by atoms with Gasteiger partial charge in [0.05, 0.1) is 16.3 Å². The second kappa shape index (κ2) is 7.69. The van der Waals surface area contributed by atoms with Gasteiger partial charge in [0.2, 0.25) is 5.16 Å². The van der Waals surface area contributed by atoms with Crippen molar-refractivity contribution in [2.75, 3.05) is 11.5 Å². The number of imidazole rings is 1. The van der Waals surface area contributed by atoms with Crippen molar-refractivity contribution in [2.24, 2.45) is 0 Å². The monoisotopic (exact) mass is 358 g/mol. The molecule has 0 radical (unpaired) electrons. The minimum absolute atomic E-state index is 0.414. The Kier molecular flexibility index (Phi) is 5.37. The van der Waals surface area contributed by atoms with Gasteiger partial charge in [-0.25, -0.2) is 19.9 Å². The average molecular weight is 358 g/mol. The lowest BCUT2D eigenvalue weighted by Gasteiger charge is -2.08. The summed E-state index contributed by atoms with van der Waals surface area (Å²) in [5.41, 5.74) is 8.85. The first-order valence-corrected chi connectivity index (χ1v) is 9.63. The normalized spacial score (nSPS) is 12.6. The number of unbranched alkanes of at least 4 members (excludes halogenated alkanes) is 2. The Balaban J connectivity index is 1.56. The standard InChI is InChI=1S/C17H22N6OS/c1-12-11-21-16(18)14-15(12)23(13(2)22-14)9-4-3-5-10-25(24)17-19-7-6-8-20-17/h6-8,11H,3-5,9-10H2,1-2H3,(H2,18,21). The van der Waals surface area contributed by atoms with Crippen molar-refractivity contribution >= 4 is 27.7 Å². The van der Waals surface area contributed by atoms with Crippen LogP contribution in [-0.4, -0.2) is 34.5 Å². The Bertz CT molecular complexity index is 893. The zero-order valence-electron chi connectivity index (χ0n) is 14.5. The molecule has 0 saturated heterocycles. The van der Waals surface area contributed by atoms with Crippen LogP contribution in [0.15, 0.2) is 29.8 Å². The summed E-state index contributed by atoms with van der Waals surface area (Å²) in [5.74, 6) is 2.00. The van der Waals surface area contributed by atoms with Crippen LogP contribution in [0.3, 0.4) is 0 Å². The van der Waals surface area contributed by atoms with Crippen molar-refractivity contribution in [2.45, 2.75) is 44.8 Å². The highest BCUT2D eigenvalue weighted by Crippen LogP contribution is 2.23. The van der Waals surface area contributed by atoms with Crippen LogP contribution >= 0.6 is 0 Å². The van der Waals surface area contributed by atoms with Gasteiger partial charge in [-0.1, -0.05) is 6.42 Å². The molecule has 0 bridgehead atoms. The first kappa shape index (κ1) is 17.5. The number of anilines is 1. The molecule has 1 unspecified atom stereocenters. The Hall–Kier alpha value is -2.35. The van der Waals surface area contributed by atoms with E-state index in [0.717, 1.165) is 48.2 Å². The molecule has 3 rings (SSSR count). The first-order valence-electron chi connectivity index (χ1n) is 8.31. The van der Waals surface area contributed by atoms with Crippen LogP contribution in [0.1, 0.15) is 30.7 Å². The molecule has 25 heavy (non-hydrogen) atoms. The van der Waals surface area contributed by atoms with Crippen molar-refractivity contribution in [3.8, 4) is 0 Å². The fraction of sp³-hybridized carbons (Fsp3) is 0.412. The maximum atomic E-state index is 12.1. The van der Waals surface area contributed by atoms with E-state index >= 15 is 0 Å². The van der Waals surface area contributed by atoms with E-state index in [-0.39, 0.29) is 0 Å². The van der Waals surface area contributed by atoms with E-state index in [4.69, 9.17) is 5.73 Å². The zero-order valence-corrected chi connectivity index (χ0v) is 15.3. The highest BCUT2D eigenvalue weighted by atomic mass is 32.2. The van der Waals surface area contributed by atoms with Crippen LogP contribution in [-0.2, 0) is 17.3 Å². The summed E-state index contributed by atoms with van der Waals surface area (Å²) in [4.78, 5) is 16.8. The number of nitrogen functional groups attached to an aromatic ring is 1. The third-order valence-electron chi connectivity index (χ3n) is 4.13. The number of rotatable bonds is 7. The molecule has 0 fully saturated rings. The maximum Gasteiger partial charge on any atom is 0.218 e. The Morgan fingerprint density at radius 3 is 2.64 bits per heavy atom. The number of aryl methyl sites for hydroxylation is 3. The molecule has 132 valence electrons. The van der Waals surface area contributed by atoms with Gasteiger partial charge >= 0.3 is 0 Å². The predicted octanol–water partition coefficient (Wildman–Crippen LogP) is 2.40. The van der Waals surface area contributed by atoms with Crippen molar-refractivity contribution in [3.05, 3.63) is 36.0 Å². The van der Waals surface area contributed by atoms with Crippen molar-refractivity contribution in [1.82, 2.24) is 24.5 Å². The van der Waals surface area contributed by atoms with Gasteiger partial charge in [-0.3, -0.25) is 4.21 Å². The number of pyridine rings is 1. The Morgan fingerprint density at radius 2 is 1.88 bits per heavy atom. The lowest BCUT2D eigenvalue weighted by Crippen LogP contribution is -2.05. The van der Waals surface area contributed by atoms with Crippen LogP contribution in [0.25, 0.3) is 11.0 Å². The second-order valence-electron chi connectivity index (χ2n) is 5.98. The van der Waals surface area contributed by atoms with Gasteiger partial charge in [-0.05, 0) is 38.3 Å². The molecule has 0 aliphatic rings. The molecule has 7 nitrogen and oxygen atoms in total. The van der Waals surface area contributed by atoms with Crippen LogP contribution in [0.4, 0.5) is 5.82 Å². The summed E-state index contributed by atoms with van der Waals surface area (Å²) >= 11 is 0. The molecular formula is C17H22N6OS. The molecular weight excluding hydrogens is 336 g/mol. The average Bonchev–Trinajstić information content (AvgIpc) is 2.96. The molecule has 1 atom stereocenters. The van der Waals surface area contributed by atoms with Gasteiger partial charge in [0.25, 0.3) is 0 Å². The number of hydrogen-bond acceptors (Lipinski definition) is 6. The maximum absolute atomic E-state index is 12.1. The zero-order chi connectivity index (χ0) is 17.8. The highest BCUT2D eigenvalue weighted by molar-refractivity contribution is 7.84. The fourth-order valence-corrected chi connectivity index (χ4v) is 3.89. The SMILES string of the molecule is Cc1cnc(N)c2nc(C)n(CCCCCS(=O)c3ncccn3)c12. The largest absolute Gasteiger partial charge is 0.382 e. The third kappa shape index (κ3) is 3.84. The third-order valence-corrected chi connectivity index (χ3v) is 5.41. The minimum Gasteiger partial charge on any atom is -0.382 e. The molecule has 0 saturated carbocycles. The molecule has 0 aliphatic carbocycles. The topological polar surface area (TPSA) is 99.6 Å². The van der Waals surface area contributed by atoms with Gasteiger partial charge in [-0.2, -0.15) is 0 Å². The minimum atomic E-state index is -1.12. The molecule has 3 aromatic rings. The number of fused-ring (bicyclic) bond motifs is 1. The van der Waals surface area contributed by atoms with Gasteiger partial charge in [-0.15, -0.1) is 0 Å². The smallest absolute Gasteiger partial charge is 0.218 e. The predicted molar refractivity (Wildman–Crippen MR) is 98.6 cm³/mol. The summed E-state index contributed by atoms with van der Waals surface area (Å²) in [7, 11) is -1.12. The van der Waals surface area contributed by atoms with E-state index in [0.29, 0.717) is 16.7 Å². The van der Waals surface area contributed by atoms with Gasteiger partial charge in [0.15, 0.2) is 5.82 Å². The van der Waals surface area contributed by atoms with Crippen LogP contribution in [0, 0.1) is 13.8 Å². The Labute approximate surface area is 149 Å². The molecule has 3 heterocycles. The number of nitrogens with zero attached hydrogens (tertiary/aromatic N) is 5. The lowest BCUT2D eigenvalue weighted by molar-refractivity contribution is 0.599. The molecule has 2 N–H and O–H groups in total. The molecule has 0 spiro atoms. The second-order valence-corrected chi connectivity index (χ2v) is 7.44. The van der Waals surface area contributed by atoms with E-state index < -0.39 is 10.8 Å². The quantitative estimate of drug-likeness (QED) is 0.514. The molecule has 3 aromatic heterocycles. The molecule has 0 aromatic carbocycles. The van der Waals surface area contributed by atoms with E-state index in [9.17, 15) is 4.21 Å². The summed E-state index contributed by atoms with van der Waals surface area (Å²) in [5, 5.41) is 0.414. The van der Waals surface area contributed by atoms with E-state index in [1.165, 1.54) is 0 Å². The summed E-state index contributed by atoms with van der Waals surface area (Å²) in [6.07, 6.45) is 7.88. The highest BCUT2D eigenvalue weighted by Gasteiger charge is 2.13. The summed E-state index contributed by atoms with van der Waals surface area (Å²) < 4.78 is 14.3. The fourth-order valence-electron chi connectivity index (χ4n) is 2.88. The van der Waals surface area contributed by atoms with E-state index in [1.807, 2.05) is 13.8 Å². The van der Waals surface area contributed by atoms with Gasteiger partial charge in [0, 0.05) is 30.9 Å². The lowest BCUT2D eigenvalue weighted by atomic mass is 10.2.